The maximum Gasteiger partial charge on any atom is 0.409 e. The monoisotopic (exact) mass is 553 g/mol. The summed E-state index contributed by atoms with van der Waals surface area (Å²) in [5, 5.41) is 8.37. The topological polar surface area (TPSA) is 134 Å². The minimum atomic E-state index is -3.54. The molecule has 1 aromatic carbocycles. The fraction of sp³-hybridized carbons (Fsp3) is 0.462. The number of piperidine rings is 1. The van der Waals surface area contributed by atoms with E-state index in [1.807, 2.05) is 13.8 Å². The van der Waals surface area contributed by atoms with Crippen LogP contribution in [0.2, 0.25) is 0 Å². The Labute approximate surface area is 226 Å². The number of fused-ring (bicyclic) bond motifs is 2. The van der Waals surface area contributed by atoms with Crippen LogP contribution in [0, 0.1) is 12.5 Å². The average molecular weight is 554 g/mol. The van der Waals surface area contributed by atoms with Gasteiger partial charge in [0.15, 0.2) is 5.82 Å². The summed E-state index contributed by atoms with van der Waals surface area (Å²) in [5.74, 6) is 0.502. The Morgan fingerprint density at radius 1 is 1.28 bits per heavy atom. The zero-order valence-electron chi connectivity index (χ0n) is 22.1. The standard InChI is InChI=1S/C26H31N7O5S/c1-17(2)14-32-15-18-13-19(5-6-21(18)39(32,36)37)29-23-22-20(7-10-28-24(22)34)33(30-23)26(16-27-3)8-11-31(12-9-26)25(35)38-4/h5-7,10,13,17H,8-9,11-12,14-16H2,1-2,4H3,(H,28,34)(H,29,30). The molecule has 2 aliphatic heterocycles. The van der Waals surface area contributed by atoms with Gasteiger partial charge in [-0.3, -0.25) is 4.79 Å². The number of likely N-dealkylation sites (tertiary alicyclic amines) is 1. The Bertz CT molecular complexity index is 1630. The summed E-state index contributed by atoms with van der Waals surface area (Å²) in [6.07, 6.45) is 2.07. The Hall–Kier alpha value is -3.89. The lowest BCUT2D eigenvalue weighted by molar-refractivity contribution is 0.0835. The Morgan fingerprint density at radius 3 is 2.69 bits per heavy atom. The smallest absolute Gasteiger partial charge is 0.409 e. The third kappa shape index (κ3) is 4.63. The van der Waals surface area contributed by atoms with Gasteiger partial charge in [0.25, 0.3) is 5.56 Å². The molecule has 1 fully saturated rings. The van der Waals surface area contributed by atoms with Crippen molar-refractivity contribution in [3.63, 3.8) is 0 Å². The summed E-state index contributed by atoms with van der Waals surface area (Å²) in [4.78, 5) is 33.3. The molecule has 5 rings (SSSR count). The van der Waals surface area contributed by atoms with Crippen LogP contribution in [0.4, 0.5) is 16.3 Å². The first-order valence-electron chi connectivity index (χ1n) is 12.8. The quantitative estimate of drug-likeness (QED) is 0.448. The molecule has 3 aromatic rings. The van der Waals surface area contributed by atoms with Crippen molar-refractivity contribution in [1.29, 1.82) is 0 Å². The van der Waals surface area contributed by atoms with E-state index in [0.717, 1.165) is 0 Å². The van der Waals surface area contributed by atoms with Crippen molar-refractivity contribution >= 4 is 38.5 Å². The van der Waals surface area contributed by atoms with Gasteiger partial charge in [0.2, 0.25) is 16.6 Å². The number of nitrogens with one attached hydrogen (secondary N) is 2. The van der Waals surface area contributed by atoms with Crippen LogP contribution < -0.4 is 10.9 Å². The first kappa shape index (κ1) is 26.7. The number of nitrogens with zero attached hydrogens (tertiary/aromatic N) is 5. The minimum absolute atomic E-state index is 0.132. The van der Waals surface area contributed by atoms with Crippen molar-refractivity contribution in [2.24, 2.45) is 5.92 Å². The summed E-state index contributed by atoms with van der Waals surface area (Å²) in [5.41, 5.74) is 0.797. The highest BCUT2D eigenvalue weighted by molar-refractivity contribution is 7.89. The Kier molecular flexibility index (Phi) is 6.86. The largest absolute Gasteiger partial charge is 0.453 e. The number of sulfonamides is 1. The summed E-state index contributed by atoms with van der Waals surface area (Å²) in [6, 6.07) is 6.78. The Morgan fingerprint density at radius 2 is 2.03 bits per heavy atom. The molecule has 0 bridgehead atoms. The van der Waals surface area contributed by atoms with Crippen LogP contribution in [-0.4, -0.2) is 71.8 Å². The normalized spacial score (nSPS) is 18.2. The van der Waals surface area contributed by atoms with Crippen LogP contribution in [-0.2, 0) is 26.8 Å². The van der Waals surface area contributed by atoms with Gasteiger partial charge in [0.1, 0.15) is 10.9 Å². The van der Waals surface area contributed by atoms with E-state index in [-0.39, 0.29) is 29.5 Å². The van der Waals surface area contributed by atoms with Gasteiger partial charge < -0.3 is 24.8 Å². The number of amides is 1. The van der Waals surface area contributed by atoms with Crippen molar-refractivity contribution in [3.05, 3.63) is 57.8 Å². The maximum absolute atomic E-state index is 13.0. The predicted octanol–water partition coefficient (Wildman–Crippen LogP) is 3.11. The van der Waals surface area contributed by atoms with Crippen LogP contribution in [0.15, 0.2) is 40.2 Å². The number of aromatic nitrogens is 3. The van der Waals surface area contributed by atoms with E-state index >= 15 is 0 Å². The summed E-state index contributed by atoms with van der Waals surface area (Å²) >= 11 is 0. The molecule has 4 heterocycles. The number of hydrogen-bond donors (Lipinski definition) is 2. The summed E-state index contributed by atoms with van der Waals surface area (Å²) < 4.78 is 34.0. The highest BCUT2D eigenvalue weighted by Crippen LogP contribution is 2.37. The first-order valence-corrected chi connectivity index (χ1v) is 14.2. The lowest BCUT2D eigenvalue weighted by Gasteiger charge is -2.38. The molecule has 2 N–H and O–H groups in total. The number of ether oxygens (including phenoxy) is 1. The molecule has 206 valence electrons. The number of carbonyl (C=O) groups is 1. The number of rotatable bonds is 6. The van der Waals surface area contributed by atoms with Crippen molar-refractivity contribution in [1.82, 2.24) is 24.0 Å². The SMILES string of the molecule is [C-]#[N+]CC1(n2nc(Nc3ccc4c(c3)CN(CC(C)C)S4(=O)=O)c3c(=O)[nH]ccc32)CCN(C(=O)OC)CC1. The predicted molar refractivity (Wildman–Crippen MR) is 145 cm³/mol. The van der Waals surface area contributed by atoms with Crippen LogP contribution in [0.3, 0.4) is 0 Å². The number of carbonyl (C=O) groups excluding carboxylic acids is 1. The van der Waals surface area contributed by atoms with Gasteiger partial charge in [-0.15, -0.1) is 0 Å². The number of H-pyrrole nitrogens is 1. The summed E-state index contributed by atoms with van der Waals surface area (Å²) in [6.45, 7) is 13.2. The van der Waals surface area contributed by atoms with Crippen LogP contribution in [0.1, 0.15) is 32.3 Å². The number of anilines is 2. The number of methoxy groups -OCH3 is 1. The molecule has 12 nitrogen and oxygen atoms in total. The summed E-state index contributed by atoms with van der Waals surface area (Å²) in [7, 11) is -2.21. The van der Waals surface area contributed by atoms with Crippen molar-refractivity contribution in [2.45, 2.75) is 43.7 Å². The zero-order chi connectivity index (χ0) is 27.9. The third-order valence-corrected chi connectivity index (χ3v) is 9.32. The highest BCUT2D eigenvalue weighted by atomic mass is 32.2. The number of benzene rings is 1. The molecule has 2 aromatic heterocycles. The fourth-order valence-electron chi connectivity index (χ4n) is 5.50. The van der Waals surface area contributed by atoms with Gasteiger partial charge in [-0.05, 0) is 48.6 Å². The molecule has 39 heavy (non-hydrogen) atoms. The van der Waals surface area contributed by atoms with Crippen LogP contribution in [0.25, 0.3) is 15.7 Å². The average Bonchev–Trinajstić information content (AvgIpc) is 3.39. The fourth-order valence-corrected chi connectivity index (χ4v) is 7.27. The van der Waals surface area contributed by atoms with E-state index in [4.69, 9.17) is 16.4 Å². The minimum Gasteiger partial charge on any atom is -0.453 e. The molecule has 0 spiro atoms. The van der Waals surface area contributed by atoms with Gasteiger partial charge in [-0.1, -0.05) is 13.8 Å². The molecular formula is C26H31N7O5S. The molecular weight excluding hydrogens is 522 g/mol. The third-order valence-electron chi connectivity index (χ3n) is 7.41. The second kappa shape index (κ2) is 10.0. The molecule has 0 atom stereocenters. The van der Waals surface area contributed by atoms with E-state index in [2.05, 4.69) is 15.1 Å². The molecule has 0 saturated carbocycles. The van der Waals surface area contributed by atoms with E-state index in [1.165, 1.54) is 11.4 Å². The molecule has 2 aliphatic rings. The van der Waals surface area contributed by atoms with E-state index < -0.39 is 21.7 Å². The molecule has 1 saturated heterocycles. The first-order chi connectivity index (χ1) is 18.6. The number of hydrogen-bond acceptors (Lipinski definition) is 7. The van der Waals surface area contributed by atoms with E-state index in [9.17, 15) is 18.0 Å². The molecule has 1 amide bonds. The van der Waals surface area contributed by atoms with Gasteiger partial charge >= 0.3 is 6.09 Å². The van der Waals surface area contributed by atoms with Gasteiger partial charge in [0.05, 0.1) is 17.5 Å². The molecule has 0 aliphatic carbocycles. The van der Waals surface area contributed by atoms with Crippen molar-refractivity contribution < 1.29 is 17.9 Å². The van der Waals surface area contributed by atoms with Crippen molar-refractivity contribution in [3.8, 4) is 0 Å². The van der Waals surface area contributed by atoms with Gasteiger partial charge in [0, 0.05) is 38.1 Å². The van der Waals surface area contributed by atoms with Crippen LogP contribution >= 0.6 is 0 Å². The highest BCUT2D eigenvalue weighted by Gasteiger charge is 2.43. The van der Waals surface area contributed by atoms with Gasteiger partial charge in [-0.2, -0.15) is 9.40 Å². The second-order valence-electron chi connectivity index (χ2n) is 10.5. The van der Waals surface area contributed by atoms with E-state index in [0.29, 0.717) is 60.4 Å². The van der Waals surface area contributed by atoms with Gasteiger partial charge in [-0.25, -0.2) is 24.5 Å². The molecule has 0 unspecified atom stereocenters. The van der Waals surface area contributed by atoms with Crippen molar-refractivity contribution in [2.75, 3.05) is 38.6 Å². The lowest BCUT2D eigenvalue weighted by Crippen LogP contribution is -2.50. The van der Waals surface area contributed by atoms with Crippen LogP contribution in [0.5, 0.6) is 0 Å². The Balaban J connectivity index is 1.52. The lowest BCUT2D eigenvalue weighted by atomic mass is 9.87. The number of aromatic amines is 1. The van der Waals surface area contributed by atoms with E-state index in [1.54, 1.807) is 40.0 Å². The molecule has 0 radical (unpaired) electrons. The maximum atomic E-state index is 13.0. The molecule has 13 heteroatoms. The number of pyridine rings is 1. The second-order valence-corrected chi connectivity index (χ2v) is 12.4. The zero-order valence-corrected chi connectivity index (χ0v) is 22.9.